The first kappa shape index (κ1) is 24.0. The summed E-state index contributed by atoms with van der Waals surface area (Å²) in [7, 11) is 1.70. The molecule has 3 aliphatic rings. The maximum Gasteiger partial charge on any atom is 0.325 e. The van der Waals surface area contributed by atoms with Crippen LogP contribution in [0.5, 0.6) is 5.75 Å². The molecule has 2 fully saturated rings. The Labute approximate surface area is 219 Å². The van der Waals surface area contributed by atoms with Crippen LogP contribution in [0, 0.1) is 0 Å². The van der Waals surface area contributed by atoms with E-state index in [4.69, 9.17) is 4.74 Å². The minimum absolute atomic E-state index is 0.134. The molecule has 2 saturated heterocycles. The molecule has 0 radical (unpaired) electrons. The van der Waals surface area contributed by atoms with Gasteiger partial charge in [0.25, 0.3) is 0 Å². The van der Waals surface area contributed by atoms with Crippen molar-refractivity contribution in [2.24, 2.45) is 0 Å². The number of rotatable bonds is 4. The normalized spacial score (nSPS) is 20.5. The fraction of sp³-hybridized carbons (Fsp3) is 0.419. The molecule has 0 unspecified atom stereocenters. The van der Waals surface area contributed by atoms with Gasteiger partial charge in [-0.05, 0) is 60.0 Å². The second-order valence-electron chi connectivity index (χ2n) is 11.2. The molecule has 6 rings (SSSR count). The van der Waals surface area contributed by atoms with Crippen LogP contribution in [0.25, 0.3) is 10.8 Å². The van der Waals surface area contributed by atoms with Crippen molar-refractivity contribution in [3.8, 4) is 5.75 Å². The first-order valence-corrected chi connectivity index (χ1v) is 13.4. The van der Waals surface area contributed by atoms with Gasteiger partial charge in [0, 0.05) is 55.1 Å². The molecule has 6 nitrogen and oxygen atoms in total. The lowest BCUT2D eigenvalue weighted by Gasteiger charge is -2.44. The molecule has 3 aliphatic heterocycles. The number of likely N-dealkylation sites (tertiary alicyclic amines) is 1. The number of methoxy groups -OCH3 is 1. The molecule has 192 valence electrons. The van der Waals surface area contributed by atoms with E-state index in [0.29, 0.717) is 13.1 Å². The van der Waals surface area contributed by atoms with Crippen LogP contribution in [0.3, 0.4) is 0 Å². The summed E-state index contributed by atoms with van der Waals surface area (Å²) in [6, 6.07) is 15.0. The van der Waals surface area contributed by atoms with E-state index in [1.807, 2.05) is 23.4 Å². The van der Waals surface area contributed by atoms with Gasteiger partial charge in [-0.15, -0.1) is 0 Å². The third-order valence-corrected chi connectivity index (χ3v) is 8.74. The average Bonchev–Trinajstić information content (AvgIpc) is 3.02. The van der Waals surface area contributed by atoms with Crippen molar-refractivity contribution in [2.45, 2.75) is 57.7 Å². The summed E-state index contributed by atoms with van der Waals surface area (Å²) in [5.41, 5.74) is 4.52. The second kappa shape index (κ2) is 8.88. The highest BCUT2D eigenvalue weighted by Crippen LogP contribution is 2.48. The molecule has 6 heteroatoms. The lowest BCUT2D eigenvalue weighted by molar-refractivity contribution is 0.0888. The fourth-order valence-electron chi connectivity index (χ4n) is 6.85. The number of nitrogens with zero attached hydrogens (tertiary/aromatic N) is 4. The van der Waals surface area contributed by atoms with Crippen LogP contribution in [-0.4, -0.2) is 58.0 Å². The predicted octanol–water partition coefficient (Wildman–Crippen LogP) is 5.71. The lowest BCUT2D eigenvalue weighted by atomic mass is 9.77. The van der Waals surface area contributed by atoms with Crippen LogP contribution in [0.4, 0.5) is 4.79 Å². The van der Waals surface area contributed by atoms with Crippen molar-refractivity contribution < 1.29 is 9.53 Å². The van der Waals surface area contributed by atoms with E-state index < -0.39 is 0 Å². The van der Waals surface area contributed by atoms with Crippen molar-refractivity contribution in [3.63, 3.8) is 0 Å². The van der Waals surface area contributed by atoms with Crippen LogP contribution in [-0.2, 0) is 18.5 Å². The number of benzene rings is 2. The van der Waals surface area contributed by atoms with Crippen LogP contribution >= 0.6 is 0 Å². The number of hydrogen-bond donors (Lipinski definition) is 0. The molecule has 4 heterocycles. The van der Waals surface area contributed by atoms with Crippen molar-refractivity contribution in [1.29, 1.82) is 0 Å². The quantitative estimate of drug-likeness (QED) is 0.464. The van der Waals surface area contributed by atoms with Crippen LogP contribution in [0.15, 0.2) is 66.6 Å². The molecular formula is C31H36N4O2. The Morgan fingerprint density at radius 3 is 2.65 bits per heavy atom. The number of fused-ring (bicyclic) bond motifs is 4. The molecule has 1 spiro atoms. The summed E-state index contributed by atoms with van der Waals surface area (Å²) in [5.74, 6) is 0.837. The van der Waals surface area contributed by atoms with Crippen LogP contribution in [0.1, 0.15) is 50.3 Å². The van der Waals surface area contributed by atoms with Gasteiger partial charge < -0.3 is 9.64 Å². The monoisotopic (exact) mass is 496 g/mol. The molecule has 0 saturated carbocycles. The fourth-order valence-corrected chi connectivity index (χ4v) is 6.85. The van der Waals surface area contributed by atoms with Gasteiger partial charge in [-0.25, -0.2) is 4.79 Å². The van der Waals surface area contributed by atoms with Crippen molar-refractivity contribution in [3.05, 3.63) is 83.3 Å². The summed E-state index contributed by atoms with van der Waals surface area (Å²) in [6.07, 6.45) is 8.08. The van der Waals surface area contributed by atoms with Crippen molar-refractivity contribution >= 4 is 16.8 Å². The molecule has 0 atom stereocenters. The Bertz CT molecular complexity index is 1380. The third-order valence-electron chi connectivity index (χ3n) is 8.74. The largest absolute Gasteiger partial charge is 0.497 e. The SMILES string of the molecule is CCN1C(=O)N2Cc3cc(OC)ccc3C(C)(C)C=C2C12CCN(Cc1cccc3cnccc13)CC2. The number of piperidine rings is 1. The van der Waals surface area contributed by atoms with E-state index >= 15 is 0 Å². The number of aromatic nitrogens is 1. The average molecular weight is 497 g/mol. The van der Waals surface area contributed by atoms with E-state index in [2.05, 4.69) is 78.0 Å². The Morgan fingerprint density at radius 1 is 1.08 bits per heavy atom. The first-order valence-electron chi connectivity index (χ1n) is 13.4. The molecule has 2 aromatic carbocycles. The number of urea groups is 1. The van der Waals surface area contributed by atoms with Gasteiger partial charge in [0.05, 0.1) is 19.2 Å². The van der Waals surface area contributed by atoms with Gasteiger partial charge in [-0.3, -0.25) is 14.8 Å². The van der Waals surface area contributed by atoms with E-state index in [9.17, 15) is 4.79 Å². The van der Waals surface area contributed by atoms with Gasteiger partial charge in [-0.2, -0.15) is 0 Å². The zero-order valence-corrected chi connectivity index (χ0v) is 22.3. The Kier molecular flexibility index (Phi) is 5.75. The predicted molar refractivity (Wildman–Crippen MR) is 146 cm³/mol. The molecular weight excluding hydrogens is 460 g/mol. The minimum atomic E-state index is -0.256. The summed E-state index contributed by atoms with van der Waals surface area (Å²) in [4.78, 5) is 24.9. The standard InChI is InChI=1S/C31H36N4O2/c1-5-35-29(36)34-21-24-17-25(37-4)9-10-27(24)30(2,3)18-28(34)31(35)12-15-33(16-13-31)20-23-8-6-7-22-19-32-14-11-26(22)23/h6-11,14,17-19H,5,12-13,15-16,20-21H2,1-4H3. The van der Waals surface area contributed by atoms with E-state index in [1.165, 1.54) is 33.2 Å². The maximum absolute atomic E-state index is 13.9. The molecule has 3 aromatic rings. The number of pyridine rings is 1. The highest BCUT2D eigenvalue weighted by atomic mass is 16.5. The number of allylic oxidation sites excluding steroid dienone is 1. The first-order chi connectivity index (χ1) is 17.9. The number of amides is 2. The summed E-state index contributed by atoms with van der Waals surface area (Å²) >= 11 is 0. The number of carbonyl (C=O) groups is 1. The van der Waals surface area contributed by atoms with Gasteiger partial charge in [0.1, 0.15) is 5.75 Å². The lowest BCUT2D eigenvalue weighted by Crippen LogP contribution is -2.53. The van der Waals surface area contributed by atoms with Gasteiger partial charge in [0.15, 0.2) is 0 Å². The Morgan fingerprint density at radius 2 is 1.89 bits per heavy atom. The molecule has 0 aliphatic carbocycles. The van der Waals surface area contributed by atoms with Crippen LogP contribution < -0.4 is 4.74 Å². The second-order valence-corrected chi connectivity index (χ2v) is 11.2. The van der Waals surface area contributed by atoms with Crippen molar-refractivity contribution in [2.75, 3.05) is 26.7 Å². The Balaban J connectivity index is 1.31. The number of hydrogen-bond acceptors (Lipinski definition) is 4. The molecule has 0 bridgehead atoms. The topological polar surface area (TPSA) is 48.9 Å². The highest BCUT2D eigenvalue weighted by Gasteiger charge is 2.55. The van der Waals surface area contributed by atoms with Crippen molar-refractivity contribution in [1.82, 2.24) is 19.7 Å². The maximum atomic E-state index is 13.9. The highest BCUT2D eigenvalue weighted by molar-refractivity contribution is 5.85. The molecule has 37 heavy (non-hydrogen) atoms. The van der Waals surface area contributed by atoms with Gasteiger partial charge in [-0.1, -0.05) is 44.2 Å². The number of likely N-dealkylation sites (N-methyl/N-ethyl adjacent to an activating group) is 1. The summed E-state index contributed by atoms with van der Waals surface area (Å²) in [6.45, 7) is 10.8. The third kappa shape index (κ3) is 3.81. The smallest absolute Gasteiger partial charge is 0.325 e. The minimum Gasteiger partial charge on any atom is -0.497 e. The summed E-state index contributed by atoms with van der Waals surface area (Å²) in [5, 5.41) is 2.46. The number of carbonyl (C=O) groups excluding carboxylic acids is 1. The van der Waals surface area contributed by atoms with Crippen LogP contribution in [0.2, 0.25) is 0 Å². The molecule has 1 aromatic heterocycles. The zero-order valence-electron chi connectivity index (χ0n) is 22.3. The van der Waals surface area contributed by atoms with E-state index in [-0.39, 0.29) is 17.0 Å². The number of ether oxygens (including phenoxy) is 1. The van der Waals surface area contributed by atoms with Gasteiger partial charge >= 0.3 is 6.03 Å². The van der Waals surface area contributed by atoms with E-state index in [0.717, 1.165) is 38.2 Å². The summed E-state index contributed by atoms with van der Waals surface area (Å²) < 4.78 is 5.53. The van der Waals surface area contributed by atoms with Gasteiger partial charge in [0.2, 0.25) is 0 Å². The molecule has 0 N–H and O–H groups in total. The molecule has 2 amide bonds. The zero-order chi connectivity index (χ0) is 25.8. The van der Waals surface area contributed by atoms with E-state index in [1.54, 1.807) is 7.11 Å². The Hall–Kier alpha value is -3.38.